The standard InChI is InChI=1S/C22H24NO/c1-4-15-23(16-5-2)22(24)20-14-10-13-19(17-20)21(6-3)18-11-8-7-9-12-18/h4-5,7-14,17,21H,1-3,6,15-16H2. The zero-order valence-electron chi connectivity index (χ0n) is 14.0. The number of hydrogen-bond acceptors (Lipinski definition) is 1. The Bertz CT molecular complexity index is 680. The Hall–Kier alpha value is -2.61. The summed E-state index contributed by atoms with van der Waals surface area (Å²) in [4.78, 5) is 14.5. The van der Waals surface area contributed by atoms with E-state index >= 15 is 0 Å². The summed E-state index contributed by atoms with van der Waals surface area (Å²) in [6.07, 6.45) is 4.20. The van der Waals surface area contributed by atoms with Crippen molar-refractivity contribution in [1.29, 1.82) is 0 Å². The van der Waals surface area contributed by atoms with Gasteiger partial charge in [-0.15, -0.1) is 13.2 Å². The number of rotatable bonds is 8. The summed E-state index contributed by atoms with van der Waals surface area (Å²) in [6.45, 7) is 12.5. The molecule has 2 nitrogen and oxygen atoms in total. The highest BCUT2D eigenvalue weighted by Gasteiger charge is 2.17. The van der Waals surface area contributed by atoms with Crippen molar-refractivity contribution in [2.75, 3.05) is 13.1 Å². The molecule has 123 valence electrons. The average molecular weight is 318 g/mol. The quantitative estimate of drug-likeness (QED) is 0.637. The molecule has 1 radical (unpaired) electrons. The van der Waals surface area contributed by atoms with Crippen LogP contribution in [-0.4, -0.2) is 23.9 Å². The molecule has 0 spiro atoms. The molecule has 0 aliphatic carbocycles. The third kappa shape index (κ3) is 4.23. The molecule has 24 heavy (non-hydrogen) atoms. The summed E-state index contributed by atoms with van der Waals surface area (Å²) in [6, 6.07) is 18.1. The summed E-state index contributed by atoms with van der Waals surface area (Å²) in [5, 5.41) is 0. The van der Waals surface area contributed by atoms with E-state index in [1.807, 2.05) is 36.4 Å². The van der Waals surface area contributed by atoms with E-state index in [0.29, 0.717) is 18.7 Å². The monoisotopic (exact) mass is 318 g/mol. The van der Waals surface area contributed by atoms with Crippen LogP contribution in [0.15, 0.2) is 79.9 Å². The highest BCUT2D eigenvalue weighted by Crippen LogP contribution is 2.28. The van der Waals surface area contributed by atoms with E-state index in [4.69, 9.17) is 0 Å². The van der Waals surface area contributed by atoms with Gasteiger partial charge in [0.05, 0.1) is 0 Å². The second-order valence-corrected chi connectivity index (χ2v) is 5.66. The molecule has 0 heterocycles. The minimum Gasteiger partial charge on any atom is -0.331 e. The number of carbonyl (C=O) groups excluding carboxylic acids is 1. The lowest BCUT2D eigenvalue weighted by atomic mass is 9.88. The van der Waals surface area contributed by atoms with Crippen molar-refractivity contribution in [2.24, 2.45) is 0 Å². The van der Waals surface area contributed by atoms with Gasteiger partial charge >= 0.3 is 0 Å². The summed E-state index contributed by atoms with van der Waals surface area (Å²) in [5.41, 5.74) is 3.01. The molecule has 0 aliphatic rings. The molecular formula is C22H24NO. The topological polar surface area (TPSA) is 20.3 Å². The van der Waals surface area contributed by atoms with E-state index < -0.39 is 0 Å². The van der Waals surface area contributed by atoms with E-state index in [1.54, 1.807) is 17.1 Å². The first-order chi connectivity index (χ1) is 11.7. The minimum absolute atomic E-state index is 0.00692. The van der Waals surface area contributed by atoms with E-state index in [2.05, 4.69) is 38.3 Å². The van der Waals surface area contributed by atoms with Crippen LogP contribution in [0.2, 0.25) is 0 Å². The Morgan fingerprint density at radius 2 is 1.58 bits per heavy atom. The summed E-state index contributed by atoms with van der Waals surface area (Å²) >= 11 is 0. The number of hydrogen-bond donors (Lipinski definition) is 0. The largest absolute Gasteiger partial charge is 0.331 e. The Kier molecular flexibility index (Phi) is 6.56. The van der Waals surface area contributed by atoms with Crippen molar-refractivity contribution in [3.05, 3.63) is 104 Å². The van der Waals surface area contributed by atoms with Crippen LogP contribution in [-0.2, 0) is 0 Å². The van der Waals surface area contributed by atoms with Gasteiger partial charge in [0, 0.05) is 24.6 Å². The first-order valence-corrected chi connectivity index (χ1v) is 8.16. The van der Waals surface area contributed by atoms with Gasteiger partial charge in [-0.3, -0.25) is 4.79 Å². The van der Waals surface area contributed by atoms with Crippen LogP contribution >= 0.6 is 0 Å². The molecule has 2 heteroatoms. The maximum Gasteiger partial charge on any atom is 0.254 e. The van der Waals surface area contributed by atoms with Gasteiger partial charge in [-0.1, -0.05) is 61.5 Å². The predicted octanol–water partition coefficient (Wildman–Crippen LogP) is 4.86. The first kappa shape index (κ1) is 17.7. The molecular weight excluding hydrogens is 294 g/mol. The van der Waals surface area contributed by atoms with Crippen LogP contribution in [0.3, 0.4) is 0 Å². The normalized spacial score (nSPS) is 11.5. The molecule has 0 N–H and O–H groups in total. The molecule has 0 aliphatic heterocycles. The Labute approximate surface area is 145 Å². The molecule has 1 atom stereocenters. The van der Waals surface area contributed by atoms with Gasteiger partial charge < -0.3 is 4.90 Å². The highest BCUT2D eigenvalue weighted by atomic mass is 16.2. The van der Waals surface area contributed by atoms with Crippen molar-refractivity contribution >= 4 is 5.91 Å². The van der Waals surface area contributed by atoms with Crippen molar-refractivity contribution in [3.63, 3.8) is 0 Å². The average Bonchev–Trinajstić information content (AvgIpc) is 2.63. The van der Waals surface area contributed by atoms with Crippen molar-refractivity contribution in [3.8, 4) is 0 Å². The van der Waals surface area contributed by atoms with Gasteiger partial charge in [0.1, 0.15) is 0 Å². The lowest BCUT2D eigenvalue weighted by molar-refractivity contribution is 0.0790. The minimum atomic E-state index is -0.00692. The van der Waals surface area contributed by atoms with Crippen LogP contribution in [0.4, 0.5) is 0 Å². The fraction of sp³-hybridized carbons (Fsp3) is 0.182. The van der Waals surface area contributed by atoms with Gasteiger partial charge in [0.15, 0.2) is 0 Å². The van der Waals surface area contributed by atoms with Crippen LogP contribution in [0.1, 0.15) is 33.8 Å². The Balaban J connectivity index is 2.31. The predicted molar refractivity (Wildman–Crippen MR) is 101 cm³/mol. The van der Waals surface area contributed by atoms with Crippen molar-refractivity contribution in [2.45, 2.75) is 12.3 Å². The fourth-order valence-electron chi connectivity index (χ4n) is 2.83. The third-order valence-corrected chi connectivity index (χ3v) is 4.01. The van der Waals surface area contributed by atoms with Gasteiger partial charge in [0.25, 0.3) is 5.91 Å². The molecule has 2 aromatic carbocycles. The van der Waals surface area contributed by atoms with E-state index in [1.165, 1.54) is 5.56 Å². The van der Waals surface area contributed by atoms with E-state index in [9.17, 15) is 4.79 Å². The molecule has 2 rings (SSSR count). The number of benzene rings is 2. The van der Waals surface area contributed by atoms with Crippen LogP contribution in [0.5, 0.6) is 0 Å². The fourth-order valence-corrected chi connectivity index (χ4v) is 2.83. The summed E-state index contributed by atoms with van der Waals surface area (Å²) < 4.78 is 0. The van der Waals surface area contributed by atoms with Gasteiger partial charge in [-0.05, 0) is 29.7 Å². The second kappa shape index (κ2) is 8.88. The van der Waals surface area contributed by atoms with E-state index in [0.717, 1.165) is 12.0 Å². The SMILES string of the molecule is [CH2]CC(c1ccccc1)c1cccc(C(=O)N(CC=C)CC=C)c1. The second-order valence-electron chi connectivity index (χ2n) is 5.66. The van der Waals surface area contributed by atoms with Gasteiger partial charge in [0.2, 0.25) is 0 Å². The smallest absolute Gasteiger partial charge is 0.254 e. The maximum absolute atomic E-state index is 12.7. The molecule has 0 fully saturated rings. The molecule has 0 saturated heterocycles. The van der Waals surface area contributed by atoms with E-state index in [-0.39, 0.29) is 11.8 Å². The number of amides is 1. The van der Waals surface area contributed by atoms with Gasteiger partial charge in [-0.2, -0.15) is 0 Å². The summed E-state index contributed by atoms with van der Waals surface area (Å²) in [5.74, 6) is 0.179. The summed E-state index contributed by atoms with van der Waals surface area (Å²) in [7, 11) is 0. The van der Waals surface area contributed by atoms with Crippen molar-refractivity contribution < 1.29 is 4.79 Å². The lowest BCUT2D eigenvalue weighted by Gasteiger charge is -2.21. The number of nitrogens with zero attached hydrogens (tertiary/aromatic N) is 1. The Morgan fingerprint density at radius 3 is 2.17 bits per heavy atom. The van der Waals surface area contributed by atoms with Crippen molar-refractivity contribution in [1.82, 2.24) is 4.90 Å². The zero-order valence-corrected chi connectivity index (χ0v) is 14.0. The molecule has 0 bridgehead atoms. The highest BCUT2D eigenvalue weighted by molar-refractivity contribution is 5.94. The molecule has 2 aromatic rings. The molecule has 0 aromatic heterocycles. The molecule has 1 unspecified atom stereocenters. The van der Waals surface area contributed by atoms with Gasteiger partial charge in [-0.25, -0.2) is 0 Å². The first-order valence-electron chi connectivity index (χ1n) is 8.16. The lowest BCUT2D eigenvalue weighted by Crippen LogP contribution is -2.31. The zero-order chi connectivity index (χ0) is 17.4. The van der Waals surface area contributed by atoms with Crippen LogP contribution < -0.4 is 0 Å². The van der Waals surface area contributed by atoms with Crippen LogP contribution in [0, 0.1) is 6.92 Å². The van der Waals surface area contributed by atoms with Crippen LogP contribution in [0.25, 0.3) is 0 Å². The molecule has 1 amide bonds. The number of carbonyl (C=O) groups is 1. The third-order valence-electron chi connectivity index (χ3n) is 4.01. The molecule has 0 saturated carbocycles. The maximum atomic E-state index is 12.7. The Morgan fingerprint density at radius 1 is 0.958 bits per heavy atom.